The number of ether oxygens (including phenoxy) is 3. The van der Waals surface area contributed by atoms with Crippen molar-refractivity contribution in [2.75, 3.05) is 33.0 Å². The molecule has 2 heterocycles. The van der Waals surface area contributed by atoms with Crippen molar-refractivity contribution in [1.82, 2.24) is 9.80 Å². The van der Waals surface area contributed by atoms with Gasteiger partial charge in [-0.15, -0.1) is 0 Å². The molecule has 0 radical (unpaired) electrons. The van der Waals surface area contributed by atoms with Crippen LogP contribution < -0.4 is 14.2 Å². The fraction of sp³-hybridized carbons (Fsp3) is 0.381. The highest BCUT2D eigenvalue weighted by molar-refractivity contribution is 9.10. The van der Waals surface area contributed by atoms with Crippen molar-refractivity contribution in [3.05, 3.63) is 52.5 Å². The van der Waals surface area contributed by atoms with Crippen LogP contribution in [0.2, 0.25) is 0 Å². The smallest absolute Gasteiger partial charge is 0.263 e. The highest BCUT2D eigenvalue weighted by atomic mass is 79.9. The van der Waals surface area contributed by atoms with Crippen molar-refractivity contribution in [2.24, 2.45) is 0 Å². The van der Waals surface area contributed by atoms with Gasteiger partial charge in [0.25, 0.3) is 5.91 Å². The van der Waals surface area contributed by atoms with Gasteiger partial charge in [-0.3, -0.25) is 9.69 Å². The SMILES string of the molecule is C[C@@H](Oc1ccc(Br)cc1)C(=O)N1CCN(Cc2ccc3c(c2)OCO3)CC1. The summed E-state index contributed by atoms with van der Waals surface area (Å²) >= 11 is 3.40. The molecule has 1 amide bonds. The molecule has 1 fully saturated rings. The Bertz CT molecular complexity index is 835. The van der Waals surface area contributed by atoms with Crippen LogP contribution in [0.15, 0.2) is 46.9 Å². The van der Waals surface area contributed by atoms with Crippen LogP contribution in [-0.4, -0.2) is 54.8 Å². The van der Waals surface area contributed by atoms with Crippen molar-refractivity contribution in [3.63, 3.8) is 0 Å². The van der Waals surface area contributed by atoms with Crippen LogP contribution in [0.25, 0.3) is 0 Å². The zero-order valence-corrected chi connectivity index (χ0v) is 17.4. The van der Waals surface area contributed by atoms with Crippen molar-refractivity contribution >= 4 is 21.8 Å². The Balaban J connectivity index is 1.27. The minimum absolute atomic E-state index is 0.0330. The molecule has 1 saturated heterocycles. The molecule has 4 rings (SSSR count). The third kappa shape index (κ3) is 4.42. The Morgan fingerprint density at radius 1 is 1.07 bits per heavy atom. The molecule has 2 aliphatic heterocycles. The number of amides is 1. The van der Waals surface area contributed by atoms with Gasteiger partial charge in [0.2, 0.25) is 6.79 Å². The molecule has 1 atom stereocenters. The predicted molar refractivity (Wildman–Crippen MR) is 109 cm³/mol. The molecule has 2 aliphatic rings. The first-order valence-corrected chi connectivity index (χ1v) is 10.2. The van der Waals surface area contributed by atoms with E-state index in [4.69, 9.17) is 14.2 Å². The summed E-state index contributed by atoms with van der Waals surface area (Å²) in [6.45, 7) is 6.03. The number of nitrogens with zero attached hydrogens (tertiary/aromatic N) is 2. The van der Waals surface area contributed by atoms with E-state index in [1.165, 1.54) is 5.56 Å². The summed E-state index contributed by atoms with van der Waals surface area (Å²) in [5, 5.41) is 0. The number of carbonyl (C=O) groups excluding carboxylic acids is 1. The molecule has 148 valence electrons. The third-order valence-corrected chi connectivity index (χ3v) is 5.53. The average molecular weight is 447 g/mol. The van der Waals surface area contributed by atoms with Gasteiger partial charge < -0.3 is 19.1 Å². The molecule has 0 aliphatic carbocycles. The van der Waals surface area contributed by atoms with Crippen molar-refractivity contribution < 1.29 is 19.0 Å². The molecule has 0 aromatic heterocycles. The fourth-order valence-electron chi connectivity index (χ4n) is 3.45. The number of rotatable bonds is 5. The number of benzene rings is 2. The number of fused-ring (bicyclic) bond motifs is 1. The number of hydrogen-bond acceptors (Lipinski definition) is 5. The zero-order valence-electron chi connectivity index (χ0n) is 15.8. The van der Waals surface area contributed by atoms with Gasteiger partial charge in [0.05, 0.1) is 0 Å². The molecule has 7 heteroatoms. The molecule has 0 N–H and O–H groups in total. The lowest BCUT2D eigenvalue weighted by Crippen LogP contribution is -2.51. The van der Waals surface area contributed by atoms with Crippen molar-refractivity contribution in [1.29, 1.82) is 0 Å². The van der Waals surface area contributed by atoms with E-state index in [2.05, 4.69) is 26.9 Å². The number of carbonyl (C=O) groups is 1. The Hall–Kier alpha value is -2.25. The van der Waals surface area contributed by atoms with Crippen LogP contribution in [0.3, 0.4) is 0 Å². The van der Waals surface area contributed by atoms with Crippen LogP contribution >= 0.6 is 15.9 Å². The molecule has 0 unspecified atom stereocenters. The van der Waals surface area contributed by atoms with Gasteiger partial charge in [0, 0.05) is 37.2 Å². The standard InChI is InChI=1S/C21H23BrN2O4/c1-15(28-18-5-3-17(22)4-6-18)21(25)24-10-8-23(9-11-24)13-16-2-7-19-20(12-16)27-14-26-19/h2-7,12,15H,8-11,13-14H2,1H3/t15-/m1/s1. The average Bonchev–Trinajstić information content (AvgIpc) is 3.17. The van der Waals surface area contributed by atoms with E-state index >= 15 is 0 Å². The molecular formula is C21H23BrN2O4. The van der Waals surface area contributed by atoms with E-state index < -0.39 is 6.10 Å². The molecule has 2 aromatic rings. The maximum atomic E-state index is 12.7. The summed E-state index contributed by atoms with van der Waals surface area (Å²) in [6.07, 6.45) is -0.499. The fourth-order valence-corrected chi connectivity index (χ4v) is 3.71. The van der Waals surface area contributed by atoms with Crippen LogP contribution in [0.1, 0.15) is 12.5 Å². The first kappa shape index (κ1) is 19.1. The minimum atomic E-state index is -0.499. The quantitative estimate of drug-likeness (QED) is 0.705. The van der Waals surface area contributed by atoms with Crippen LogP contribution in [-0.2, 0) is 11.3 Å². The highest BCUT2D eigenvalue weighted by Gasteiger charge is 2.26. The summed E-state index contributed by atoms with van der Waals surface area (Å²) in [4.78, 5) is 16.9. The molecular weight excluding hydrogens is 424 g/mol. The lowest BCUT2D eigenvalue weighted by atomic mass is 10.1. The second-order valence-corrected chi connectivity index (χ2v) is 7.92. The number of hydrogen-bond donors (Lipinski definition) is 0. The lowest BCUT2D eigenvalue weighted by molar-refractivity contribution is -0.139. The van der Waals surface area contributed by atoms with E-state index in [1.807, 2.05) is 48.2 Å². The van der Waals surface area contributed by atoms with E-state index in [9.17, 15) is 4.79 Å². The summed E-state index contributed by atoms with van der Waals surface area (Å²) in [5.41, 5.74) is 1.19. The molecule has 2 aromatic carbocycles. The number of piperazine rings is 1. The maximum absolute atomic E-state index is 12.7. The molecule has 0 saturated carbocycles. The molecule has 0 bridgehead atoms. The Labute approximate surface area is 173 Å². The Morgan fingerprint density at radius 2 is 1.79 bits per heavy atom. The van der Waals surface area contributed by atoms with Crippen molar-refractivity contribution in [2.45, 2.75) is 19.6 Å². The lowest BCUT2D eigenvalue weighted by Gasteiger charge is -2.35. The first-order valence-electron chi connectivity index (χ1n) is 9.40. The summed E-state index contributed by atoms with van der Waals surface area (Å²) < 4.78 is 17.6. The monoisotopic (exact) mass is 446 g/mol. The largest absolute Gasteiger partial charge is 0.481 e. The van der Waals surface area contributed by atoms with Crippen LogP contribution in [0.5, 0.6) is 17.2 Å². The van der Waals surface area contributed by atoms with Crippen LogP contribution in [0.4, 0.5) is 0 Å². The number of halogens is 1. The van der Waals surface area contributed by atoms with Crippen LogP contribution in [0, 0.1) is 0 Å². The van der Waals surface area contributed by atoms with E-state index in [1.54, 1.807) is 0 Å². The van der Waals surface area contributed by atoms with Gasteiger partial charge in [0.15, 0.2) is 17.6 Å². The topological polar surface area (TPSA) is 51.2 Å². The van der Waals surface area contributed by atoms with Gasteiger partial charge in [-0.2, -0.15) is 0 Å². The molecule has 28 heavy (non-hydrogen) atoms. The predicted octanol–water partition coefficient (Wildman–Crippen LogP) is 3.29. The van der Waals surface area contributed by atoms with Gasteiger partial charge in [0.1, 0.15) is 5.75 Å². The second kappa shape index (κ2) is 8.41. The summed E-state index contributed by atoms with van der Waals surface area (Å²) in [5.74, 6) is 2.35. The molecule has 0 spiro atoms. The second-order valence-electron chi connectivity index (χ2n) is 7.00. The van der Waals surface area contributed by atoms with E-state index in [-0.39, 0.29) is 5.91 Å². The highest BCUT2D eigenvalue weighted by Crippen LogP contribution is 2.32. The Morgan fingerprint density at radius 3 is 2.54 bits per heavy atom. The minimum Gasteiger partial charge on any atom is -0.481 e. The summed E-state index contributed by atoms with van der Waals surface area (Å²) in [6, 6.07) is 13.6. The van der Waals surface area contributed by atoms with Crippen molar-refractivity contribution in [3.8, 4) is 17.2 Å². The Kier molecular flexibility index (Phi) is 5.73. The summed E-state index contributed by atoms with van der Waals surface area (Å²) in [7, 11) is 0. The van der Waals surface area contributed by atoms with E-state index in [0.29, 0.717) is 25.6 Å². The van der Waals surface area contributed by atoms with Gasteiger partial charge >= 0.3 is 0 Å². The van der Waals surface area contributed by atoms with Gasteiger partial charge in [-0.1, -0.05) is 22.0 Å². The third-order valence-electron chi connectivity index (χ3n) is 5.00. The maximum Gasteiger partial charge on any atom is 0.263 e. The first-order chi connectivity index (χ1) is 13.6. The van der Waals surface area contributed by atoms with Gasteiger partial charge in [-0.05, 0) is 48.9 Å². The normalized spacial score (nSPS) is 17.4. The molecule has 6 nitrogen and oxygen atoms in total. The van der Waals surface area contributed by atoms with Gasteiger partial charge in [-0.25, -0.2) is 0 Å². The van der Waals surface area contributed by atoms with E-state index in [0.717, 1.165) is 35.6 Å². The zero-order chi connectivity index (χ0) is 19.5.